The smallest absolute Gasteiger partial charge is 0.224 e. The van der Waals surface area contributed by atoms with Gasteiger partial charge in [0.15, 0.2) is 0 Å². The molecule has 2 aromatic heterocycles. The average Bonchev–Trinajstić information content (AvgIpc) is 2.86. The fourth-order valence-electron chi connectivity index (χ4n) is 2.09. The Morgan fingerprint density at radius 3 is 2.65 bits per heavy atom. The molecule has 4 heteroatoms. The van der Waals surface area contributed by atoms with Gasteiger partial charge in [-0.2, -0.15) is 5.10 Å². The lowest BCUT2D eigenvalue weighted by Gasteiger charge is -2.01. The van der Waals surface area contributed by atoms with E-state index in [1.54, 1.807) is 0 Å². The Morgan fingerprint density at radius 1 is 1.15 bits per heavy atom. The maximum absolute atomic E-state index is 12.3. The first-order chi connectivity index (χ1) is 9.79. The highest BCUT2D eigenvalue weighted by Crippen LogP contribution is 2.30. The maximum Gasteiger partial charge on any atom is 0.224 e. The average molecular weight is 282 g/mol. The number of fused-ring (bicyclic) bond motifs is 1. The lowest BCUT2D eigenvalue weighted by Crippen LogP contribution is -1.93. The summed E-state index contributed by atoms with van der Waals surface area (Å²) in [7, 11) is 0. The summed E-state index contributed by atoms with van der Waals surface area (Å²) in [5.41, 5.74) is 2.67. The van der Waals surface area contributed by atoms with Crippen LogP contribution in [0.15, 0.2) is 59.6 Å². The Morgan fingerprint density at radius 2 is 1.90 bits per heavy atom. The van der Waals surface area contributed by atoms with Crippen molar-refractivity contribution in [2.45, 2.75) is 18.2 Å². The van der Waals surface area contributed by atoms with Crippen LogP contribution < -0.4 is 0 Å². The molecule has 100 valence electrons. The zero-order chi connectivity index (χ0) is 13.9. The highest BCUT2D eigenvalue weighted by Gasteiger charge is 2.16. The van der Waals surface area contributed by atoms with E-state index < -0.39 is 0 Å². The van der Waals surface area contributed by atoms with Crippen LogP contribution in [0, 0.1) is 0 Å². The molecule has 0 spiro atoms. The van der Waals surface area contributed by atoms with Gasteiger partial charge >= 0.3 is 0 Å². The van der Waals surface area contributed by atoms with Crippen molar-refractivity contribution in [3.8, 4) is 0 Å². The van der Waals surface area contributed by atoms with E-state index in [9.17, 15) is 4.79 Å². The van der Waals surface area contributed by atoms with E-state index in [0.717, 1.165) is 28.1 Å². The Balaban J connectivity index is 2.00. The second-order valence-corrected chi connectivity index (χ2v) is 5.40. The standard InChI is InChI=1S/C16H14N2OS/c1-2-13-15(14-10-6-7-11-18(14)17-13)20-16(19)12-8-4-3-5-9-12/h3-11H,2H2,1H3. The Hall–Kier alpha value is -2.07. The van der Waals surface area contributed by atoms with E-state index in [-0.39, 0.29) is 5.12 Å². The molecule has 0 saturated heterocycles. The number of rotatable bonds is 3. The van der Waals surface area contributed by atoms with Gasteiger partial charge in [-0.05, 0) is 30.3 Å². The minimum atomic E-state index is 0.0547. The first-order valence-corrected chi connectivity index (χ1v) is 7.34. The van der Waals surface area contributed by atoms with Gasteiger partial charge in [-0.25, -0.2) is 4.52 Å². The molecule has 0 amide bonds. The van der Waals surface area contributed by atoms with Crippen LogP contribution in [-0.4, -0.2) is 14.7 Å². The first kappa shape index (κ1) is 12.9. The number of benzene rings is 1. The lowest BCUT2D eigenvalue weighted by molar-refractivity contribution is 0.108. The predicted molar refractivity (Wildman–Crippen MR) is 81.2 cm³/mol. The number of carbonyl (C=O) groups excluding carboxylic acids is 1. The molecule has 0 bridgehead atoms. The number of aromatic nitrogens is 2. The molecule has 0 aliphatic heterocycles. The molecule has 20 heavy (non-hydrogen) atoms. The van der Waals surface area contributed by atoms with Crippen LogP contribution in [0.2, 0.25) is 0 Å². The summed E-state index contributed by atoms with van der Waals surface area (Å²) in [6.45, 7) is 2.05. The predicted octanol–water partition coefficient (Wildman–Crippen LogP) is 3.83. The number of carbonyl (C=O) groups is 1. The number of hydrogen-bond donors (Lipinski definition) is 0. The van der Waals surface area contributed by atoms with Gasteiger partial charge in [0.2, 0.25) is 5.12 Å². The van der Waals surface area contributed by atoms with Crippen LogP contribution in [0.1, 0.15) is 23.0 Å². The van der Waals surface area contributed by atoms with E-state index in [1.165, 1.54) is 11.8 Å². The fraction of sp³-hybridized carbons (Fsp3) is 0.125. The Labute approximate surface area is 121 Å². The van der Waals surface area contributed by atoms with E-state index in [4.69, 9.17) is 0 Å². The minimum absolute atomic E-state index is 0.0547. The van der Waals surface area contributed by atoms with Crippen LogP contribution in [0.4, 0.5) is 0 Å². The van der Waals surface area contributed by atoms with Crippen molar-refractivity contribution in [2.24, 2.45) is 0 Å². The van der Waals surface area contributed by atoms with Gasteiger partial charge in [-0.1, -0.05) is 43.3 Å². The van der Waals surface area contributed by atoms with Gasteiger partial charge in [0.05, 0.1) is 16.1 Å². The normalized spacial score (nSPS) is 10.8. The van der Waals surface area contributed by atoms with Crippen molar-refractivity contribution < 1.29 is 4.79 Å². The molecule has 3 rings (SSSR count). The highest BCUT2D eigenvalue weighted by molar-refractivity contribution is 8.14. The van der Waals surface area contributed by atoms with Crippen molar-refractivity contribution >= 4 is 22.4 Å². The summed E-state index contributed by atoms with van der Waals surface area (Å²) in [6, 6.07) is 15.2. The first-order valence-electron chi connectivity index (χ1n) is 6.53. The second-order valence-electron chi connectivity index (χ2n) is 4.42. The summed E-state index contributed by atoms with van der Waals surface area (Å²) < 4.78 is 1.83. The number of pyridine rings is 1. The molecule has 3 aromatic rings. The van der Waals surface area contributed by atoms with Crippen LogP contribution in [-0.2, 0) is 6.42 Å². The summed E-state index contributed by atoms with van der Waals surface area (Å²) in [4.78, 5) is 13.3. The van der Waals surface area contributed by atoms with Crippen LogP contribution >= 0.6 is 11.8 Å². The van der Waals surface area contributed by atoms with Crippen molar-refractivity contribution in [1.29, 1.82) is 0 Å². The molecule has 0 fully saturated rings. The molecule has 0 unspecified atom stereocenters. The molecule has 0 aliphatic carbocycles. The monoisotopic (exact) mass is 282 g/mol. The van der Waals surface area contributed by atoms with Crippen molar-refractivity contribution in [1.82, 2.24) is 9.61 Å². The van der Waals surface area contributed by atoms with Gasteiger partial charge in [0.1, 0.15) is 0 Å². The SMILES string of the molecule is CCc1nn2ccccc2c1SC(=O)c1ccccc1. The van der Waals surface area contributed by atoms with Crippen molar-refractivity contribution in [3.63, 3.8) is 0 Å². The zero-order valence-corrected chi connectivity index (χ0v) is 11.9. The Bertz CT molecular complexity index is 750. The van der Waals surface area contributed by atoms with Crippen molar-refractivity contribution in [2.75, 3.05) is 0 Å². The van der Waals surface area contributed by atoms with Crippen molar-refractivity contribution in [3.05, 3.63) is 66.0 Å². The largest absolute Gasteiger partial charge is 0.281 e. The lowest BCUT2D eigenvalue weighted by atomic mass is 10.2. The fourth-order valence-corrected chi connectivity index (χ4v) is 3.10. The maximum atomic E-state index is 12.3. The number of aryl methyl sites for hydroxylation is 1. The molecule has 1 aromatic carbocycles. The number of thioether (sulfide) groups is 1. The minimum Gasteiger partial charge on any atom is -0.281 e. The van der Waals surface area contributed by atoms with Crippen LogP contribution in [0.25, 0.3) is 5.52 Å². The quantitative estimate of drug-likeness (QED) is 0.685. The Kier molecular flexibility index (Phi) is 3.56. The van der Waals surface area contributed by atoms with E-state index in [2.05, 4.69) is 12.0 Å². The van der Waals surface area contributed by atoms with Gasteiger partial charge in [0, 0.05) is 11.8 Å². The van der Waals surface area contributed by atoms with E-state index in [0.29, 0.717) is 0 Å². The van der Waals surface area contributed by atoms with Crippen LogP contribution in [0.3, 0.4) is 0 Å². The third-order valence-corrected chi connectivity index (χ3v) is 4.17. The molecule has 0 radical (unpaired) electrons. The van der Waals surface area contributed by atoms with Gasteiger partial charge in [-0.3, -0.25) is 4.79 Å². The van der Waals surface area contributed by atoms with Gasteiger partial charge in [0.25, 0.3) is 0 Å². The molecular formula is C16H14N2OS. The summed E-state index contributed by atoms with van der Waals surface area (Å²) >= 11 is 1.26. The molecule has 2 heterocycles. The van der Waals surface area contributed by atoms with E-state index >= 15 is 0 Å². The molecular weight excluding hydrogens is 268 g/mol. The zero-order valence-electron chi connectivity index (χ0n) is 11.1. The van der Waals surface area contributed by atoms with Gasteiger partial charge in [-0.15, -0.1) is 0 Å². The molecule has 0 aliphatic rings. The summed E-state index contributed by atoms with van der Waals surface area (Å²) in [5.74, 6) is 0. The summed E-state index contributed by atoms with van der Waals surface area (Å²) in [6.07, 6.45) is 2.72. The van der Waals surface area contributed by atoms with Crippen LogP contribution in [0.5, 0.6) is 0 Å². The number of hydrogen-bond acceptors (Lipinski definition) is 3. The number of nitrogens with zero attached hydrogens (tertiary/aromatic N) is 2. The molecule has 3 nitrogen and oxygen atoms in total. The summed E-state index contributed by atoms with van der Waals surface area (Å²) in [5, 5.41) is 4.58. The topological polar surface area (TPSA) is 34.4 Å². The molecule has 0 atom stereocenters. The second kappa shape index (κ2) is 5.51. The molecule has 0 N–H and O–H groups in total. The third-order valence-electron chi connectivity index (χ3n) is 3.10. The van der Waals surface area contributed by atoms with E-state index in [1.807, 2.05) is 59.2 Å². The highest BCUT2D eigenvalue weighted by atomic mass is 32.2. The van der Waals surface area contributed by atoms with Gasteiger partial charge < -0.3 is 0 Å². The molecule has 0 saturated carbocycles. The third kappa shape index (κ3) is 2.34.